The van der Waals surface area contributed by atoms with E-state index in [4.69, 9.17) is 0 Å². The third kappa shape index (κ3) is 8.99. The van der Waals surface area contributed by atoms with Crippen molar-refractivity contribution in [2.75, 3.05) is 21.3 Å². The minimum Gasteiger partial charge on any atom is -0.308 e. The van der Waals surface area contributed by atoms with Crippen LogP contribution in [0.1, 0.15) is 70.2 Å². The van der Waals surface area contributed by atoms with E-state index in [1.807, 2.05) is 0 Å². The molecule has 0 atom stereocenters. The van der Waals surface area contributed by atoms with Gasteiger partial charge in [-0.1, -0.05) is 12.1 Å². The predicted octanol–water partition coefficient (Wildman–Crippen LogP) is 12.5. The van der Waals surface area contributed by atoms with Crippen molar-refractivity contribution in [2.45, 2.75) is 76.1 Å². The summed E-state index contributed by atoms with van der Waals surface area (Å²) in [4.78, 5) is 26.8. The van der Waals surface area contributed by atoms with Crippen molar-refractivity contribution < 1.29 is 62.3 Å². The molecule has 0 spiro atoms. The van der Waals surface area contributed by atoms with Gasteiger partial charge >= 0.3 is 36.8 Å². The summed E-state index contributed by atoms with van der Waals surface area (Å²) in [5.74, 6) is 0. The van der Waals surface area contributed by atoms with Gasteiger partial charge in [0.1, 0.15) is 0 Å². The van der Waals surface area contributed by atoms with E-state index >= 15 is 0 Å². The summed E-state index contributed by atoms with van der Waals surface area (Å²) in [6.45, 7) is 0. The number of anilines is 4. The van der Waals surface area contributed by atoms with Gasteiger partial charge in [-0.05, 0) is 122 Å². The fourth-order valence-corrected chi connectivity index (χ4v) is 7.06. The molecular formula is C38H30F12N4O2. The average molecular weight is 803 g/mol. The number of nitrogens with one attached hydrogen (secondary N) is 4. The van der Waals surface area contributed by atoms with Crippen LogP contribution in [0.2, 0.25) is 0 Å². The van der Waals surface area contributed by atoms with Gasteiger partial charge in [0.2, 0.25) is 0 Å². The Morgan fingerprint density at radius 1 is 0.411 bits per heavy atom. The fraction of sp³-hybridized carbons (Fsp3) is 0.316. The normalized spacial score (nSPS) is 14.7. The monoisotopic (exact) mass is 802 g/mol. The van der Waals surface area contributed by atoms with Gasteiger partial charge in [0.05, 0.1) is 33.6 Å². The molecule has 0 bridgehead atoms. The summed E-state index contributed by atoms with van der Waals surface area (Å²) in [7, 11) is 0. The lowest BCUT2D eigenvalue weighted by molar-refractivity contribution is -0.144. The largest absolute Gasteiger partial charge is 0.416 e. The molecular weight excluding hydrogens is 772 g/mol. The Balaban J connectivity index is 1.41. The average Bonchev–Trinajstić information content (AvgIpc) is 3.10. The molecule has 0 saturated heterocycles. The van der Waals surface area contributed by atoms with Crippen LogP contribution >= 0.6 is 0 Å². The Morgan fingerprint density at radius 2 is 0.714 bits per heavy atom. The lowest BCUT2D eigenvalue weighted by Gasteiger charge is -2.28. The topological polar surface area (TPSA) is 82.3 Å². The van der Waals surface area contributed by atoms with Gasteiger partial charge in [-0.25, -0.2) is 9.59 Å². The van der Waals surface area contributed by atoms with Gasteiger partial charge in [0.15, 0.2) is 0 Å². The summed E-state index contributed by atoms with van der Waals surface area (Å²) >= 11 is 0. The highest BCUT2D eigenvalue weighted by atomic mass is 19.4. The first-order valence-electron chi connectivity index (χ1n) is 17.1. The molecule has 4 amide bonds. The maximum atomic E-state index is 13.5. The number of rotatable bonds is 5. The number of alkyl halides is 12. The van der Waals surface area contributed by atoms with Crippen LogP contribution in [0.4, 0.5) is 85.0 Å². The molecule has 0 radical (unpaired) electrons. The zero-order valence-corrected chi connectivity index (χ0v) is 28.8. The highest BCUT2D eigenvalue weighted by Crippen LogP contribution is 2.46. The molecule has 18 heteroatoms. The molecule has 0 fully saturated rings. The molecule has 0 saturated carbocycles. The zero-order valence-electron chi connectivity index (χ0n) is 28.8. The van der Waals surface area contributed by atoms with Crippen LogP contribution in [0.5, 0.6) is 0 Å². The number of hydrogen-bond donors (Lipinski definition) is 4. The van der Waals surface area contributed by atoms with Gasteiger partial charge < -0.3 is 21.3 Å². The maximum Gasteiger partial charge on any atom is 0.416 e. The Bertz CT molecular complexity index is 1950. The van der Waals surface area contributed by atoms with Crippen molar-refractivity contribution in [1.82, 2.24) is 0 Å². The second kappa shape index (κ2) is 14.9. The second-order valence-corrected chi connectivity index (χ2v) is 13.4. The Morgan fingerprint density at radius 3 is 1.02 bits per heavy atom. The highest BCUT2D eigenvalue weighted by Gasteiger charge is 2.39. The Kier molecular flexibility index (Phi) is 10.7. The van der Waals surface area contributed by atoms with E-state index in [9.17, 15) is 62.3 Å². The van der Waals surface area contributed by atoms with Crippen LogP contribution in [-0.4, -0.2) is 12.1 Å². The molecule has 0 aromatic heterocycles. The minimum absolute atomic E-state index is 0.0706. The SMILES string of the molecule is O=C(Nc1cc(C(F)(F)F)cc(C(F)(F)F)c1)Nc1ccc2c(c1-c1c(NC(=O)Nc3cc(C(F)(F)F)cc(C(F)(F)F)c3)ccc3c1CCCC3)CCCC2. The summed E-state index contributed by atoms with van der Waals surface area (Å²) < 4.78 is 162. The lowest BCUT2D eigenvalue weighted by atomic mass is 9.79. The van der Waals surface area contributed by atoms with Crippen LogP contribution in [0.25, 0.3) is 11.1 Å². The van der Waals surface area contributed by atoms with Gasteiger partial charge in [0, 0.05) is 22.5 Å². The molecule has 0 aliphatic heterocycles. The van der Waals surface area contributed by atoms with Gasteiger partial charge in [-0.3, -0.25) is 0 Å². The van der Waals surface area contributed by atoms with Crippen molar-refractivity contribution in [3.05, 3.63) is 105 Å². The minimum atomic E-state index is -5.18. The molecule has 0 heterocycles. The maximum absolute atomic E-state index is 13.5. The quantitative estimate of drug-likeness (QED) is 0.152. The number of carbonyl (C=O) groups is 2. The van der Waals surface area contributed by atoms with Crippen molar-refractivity contribution in [3.8, 4) is 11.1 Å². The summed E-state index contributed by atoms with van der Waals surface area (Å²) in [5.41, 5.74) is -4.14. The van der Waals surface area contributed by atoms with Gasteiger partial charge in [-0.2, -0.15) is 52.7 Å². The van der Waals surface area contributed by atoms with Crippen LogP contribution in [0, 0.1) is 0 Å². The molecule has 2 aliphatic rings. The third-order valence-electron chi connectivity index (χ3n) is 9.50. The first kappa shape index (κ1) is 40.2. The van der Waals surface area contributed by atoms with E-state index in [1.165, 1.54) is 12.1 Å². The molecule has 4 aromatic rings. The molecule has 4 aromatic carbocycles. The molecule has 6 nitrogen and oxygen atoms in total. The predicted molar refractivity (Wildman–Crippen MR) is 183 cm³/mol. The number of amides is 4. The van der Waals surface area contributed by atoms with Crippen molar-refractivity contribution in [3.63, 3.8) is 0 Å². The summed E-state index contributed by atoms with van der Waals surface area (Å²) in [5, 5.41) is 9.18. The zero-order chi connectivity index (χ0) is 40.8. The highest BCUT2D eigenvalue weighted by molar-refractivity contribution is 6.07. The van der Waals surface area contributed by atoms with Crippen LogP contribution in [0.15, 0.2) is 60.7 Å². The molecule has 4 N–H and O–H groups in total. The molecule has 298 valence electrons. The van der Waals surface area contributed by atoms with Crippen molar-refractivity contribution >= 4 is 34.8 Å². The number of fused-ring (bicyclic) bond motifs is 2. The van der Waals surface area contributed by atoms with E-state index in [0.717, 1.165) is 35.1 Å². The molecule has 56 heavy (non-hydrogen) atoms. The number of urea groups is 2. The van der Waals surface area contributed by atoms with Crippen LogP contribution < -0.4 is 21.3 Å². The number of carbonyl (C=O) groups excluding carboxylic acids is 2. The van der Waals surface area contributed by atoms with E-state index in [2.05, 4.69) is 21.3 Å². The van der Waals surface area contributed by atoms with Gasteiger partial charge in [0.25, 0.3) is 0 Å². The van der Waals surface area contributed by atoms with E-state index < -0.39 is 70.4 Å². The lowest BCUT2D eigenvalue weighted by Crippen LogP contribution is -2.23. The van der Waals surface area contributed by atoms with Crippen molar-refractivity contribution in [1.29, 1.82) is 0 Å². The smallest absolute Gasteiger partial charge is 0.308 e. The number of benzene rings is 4. The fourth-order valence-electron chi connectivity index (χ4n) is 7.06. The number of halogens is 12. The van der Waals surface area contributed by atoms with Crippen LogP contribution in [0.3, 0.4) is 0 Å². The number of aryl methyl sites for hydroxylation is 2. The molecule has 2 aliphatic carbocycles. The Hall–Kier alpha value is -5.42. The second-order valence-electron chi connectivity index (χ2n) is 13.4. The van der Waals surface area contributed by atoms with Gasteiger partial charge in [-0.15, -0.1) is 0 Å². The summed E-state index contributed by atoms with van der Waals surface area (Å²) in [6, 6.07) is 5.23. The first-order valence-corrected chi connectivity index (χ1v) is 17.1. The molecule has 6 rings (SSSR count). The first-order chi connectivity index (χ1) is 26.1. The van der Waals surface area contributed by atoms with E-state index in [0.29, 0.717) is 73.9 Å². The standard InChI is InChI=1S/C38H30F12N4O2/c39-35(40,41)21-13-22(36(42,43)44)16-25(15-21)51-33(55)53-29-11-9-19-5-1-3-7-27(19)31(29)32-28-8-4-2-6-20(28)10-12-30(32)54-34(56)52-26-17-23(37(45,46)47)14-24(18-26)38(48,49)50/h9-18H,1-8H2,(H2,51,53,55)(H2,52,54,56). The third-order valence-corrected chi connectivity index (χ3v) is 9.50. The van der Waals surface area contributed by atoms with E-state index in [1.54, 1.807) is 12.1 Å². The van der Waals surface area contributed by atoms with Crippen LogP contribution in [-0.2, 0) is 50.4 Å². The van der Waals surface area contributed by atoms with E-state index in [-0.39, 0.29) is 23.5 Å². The Labute approximate surface area is 310 Å². The summed E-state index contributed by atoms with van der Waals surface area (Å²) in [6.07, 6.45) is -15.6. The molecule has 0 unspecified atom stereocenters. The van der Waals surface area contributed by atoms with Crippen molar-refractivity contribution in [2.24, 2.45) is 0 Å². The number of hydrogen-bond acceptors (Lipinski definition) is 2.